The Morgan fingerprint density at radius 2 is 1.60 bits per heavy atom. The van der Waals surface area contributed by atoms with Gasteiger partial charge in [0.05, 0.1) is 0 Å². The second-order valence-corrected chi connectivity index (χ2v) is 4.35. The van der Waals surface area contributed by atoms with Gasteiger partial charge in [-0.15, -0.1) is 0 Å². The zero-order chi connectivity index (χ0) is 15.2. The molecule has 0 unspecified atom stereocenters. The normalized spacial score (nSPS) is 11.7. The first kappa shape index (κ1) is 16.5. The number of hydrogen-bond acceptors (Lipinski definition) is 3. The maximum Gasteiger partial charge on any atom is 0.490 e. The second kappa shape index (κ2) is 7.28. The first-order chi connectivity index (χ1) is 9.36. The number of carbonyl (C=O) groups is 1. The van der Waals surface area contributed by atoms with Crippen molar-refractivity contribution in [2.75, 3.05) is 13.1 Å². The van der Waals surface area contributed by atoms with Crippen molar-refractivity contribution in [2.24, 2.45) is 0 Å². The van der Waals surface area contributed by atoms with E-state index in [0.717, 1.165) is 25.2 Å². The summed E-state index contributed by atoms with van der Waals surface area (Å²) < 4.78 is 40.1. The quantitative estimate of drug-likeness (QED) is 0.754. The number of ether oxygens (including phenoxy) is 1. The highest BCUT2D eigenvalue weighted by atomic mass is 19.4. The summed E-state index contributed by atoms with van der Waals surface area (Å²) in [6.45, 7) is 6.41. The number of rotatable bonds is 6. The van der Waals surface area contributed by atoms with Crippen molar-refractivity contribution in [1.29, 1.82) is 0 Å². The molecular formula is C14H18F3NO2. The van der Waals surface area contributed by atoms with Gasteiger partial charge in [0.15, 0.2) is 0 Å². The van der Waals surface area contributed by atoms with Gasteiger partial charge in [0.25, 0.3) is 0 Å². The number of carbonyl (C=O) groups excluding carboxylic acids is 1. The van der Waals surface area contributed by atoms with Crippen LogP contribution in [0.5, 0.6) is 0 Å². The predicted molar refractivity (Wildman–Crippen MR) is 68.9 cm³/mol. The van der Waals surface area contributed by atoms with E-state index >= 15 is 0 Å². The van der Waals surface area contributed by atoms with Crippen molar-refractivity contribution < 1.29 is 22.7 Å². The van der Waals surface area contributed by atoms with E-state index in [4.69, 9.17) is 0 Å². The van der Waals surface area contributed by atoms with Gasteiger partial charge < -0.3 is 4.74 Å². The molecule has 1 aromatic rings. The summed E-state index contributed by atoms with van der Waals surface area (Å²) in [5, 5.41) is 0. The molecule has 0 bridgehead atoms. The third-order valence-electron chi connectivity index (χ3n) is 2.92. The summed E-state index contributed by atoms with van der Waals surface area (Å²) >= 11 is 0. The fourth-order valence-corrected chi connectivity index (χ4v) is 1.68. The third kappa shape index (κ3) is 5.21. The molecule has 0 N–H and O–H groups in total. The molecule has 6 heteroatoms. The van der Waals surface area contributed by atoms with Gasteiger partial charge in [-0.25, -0.2) is 4.79 Å². The van der Waals surface area contributed by atoms with Crippen LogP contribution in [0.15, 0.2) is 24.3 Å². The third-order valence-corrected chi connectivity index (χ3v) is 2.92. The van der Waals surface area contributed by atoms with E-state index in [9.17, 15) is 18.0 Å². The van der Waals surface area contributed by atoms with Crippen LogP contribution >= 0.6 is 0 Å². The van der Waals surface area contributed by atoms with Crippen LogP contribution in [0.2, 0.25) is 0 Å². The maximum absolute atomic E-state index is 12.0. The first-order valence-electron chi connectivity index (χ1n) is 6.41. The lowest BCUT2D eigenvalue weighted by Crippen LogP contribution is -2.25. The van der Waals surface area contributed by atoms with Crippen LogP contribution in [0.25, 0.3) is 0 Å². The summed E-state index contributed by atoms with van der Waals surface area (Å²) in [4.78, 5) is 12.8. The lowest BCUT2D eigenvalue weighted by molar-refractivity contribution is -0.201. The van der Waals surface area contributed by atoms with Gasteiger partial charge in [0.1, 0.15) is 6.61 Å². The molecule has 20 heavy (non-hydrogen) atoms. The molecule has 0 aliphatic carbocycles. The first-order valence-corrected chi connectivity index (χ1v) is 6.41. The molecule has 112 valence electrons. The fourth-order valence-electron chi connectivity index (χ4n) is 1.68. The molecule has 0 aliphatic rings. The largest absolute Gasteiger partial charge is 0.490 e. The van der Waals surface area contributed by atoms with E-state index in [1.807, 2.05) is 12.1 Å². The van der Waals surface area contributed by atoms with Crippen LogP contribution in [0.4, 0.5) is 13.2 Å². The van der Waals surface area contributed by atoms with Crippen molar-refractivity contribution >= 4 is 5.97 Å². The fraction of sp³-hybridized carbons (Fsp3) is 0.500. The van der Waals surface area contributed by atoms with Gasteiger partial charge in [0.2, 0.25) is 0 Å². The number of alkyl halides is 3. The molecule has 3 nitrogen and oxygen atoms in total. The molecule has 0 atom stereocenters. The van der Waals surface area contributed by atoms with E-state index in [2.05, 4.69) is 23.5 Å². The molecule has 1 rings (SSSR count). The average molecular weight is 289 g/mol. The topological polar surface area (TPSA) is 29.5 Å². The van der Waals surface area contributed by atoms with Crippen molar-refractivity contribution in [2.45, 2.75) is 33.2 Å². The molecule has 0 aliphatic heterocycles. The molecule has 0 amide bonds. The number of hydrogen-bond donors (Lipinski definition) is 0. The van der Waals surface area contributed by atoms with Crippen LogP contribution in [-0.2, 0) is 22.7 Å². The number of esters is 1. The van der Waals surface area contributed by atoms with E-state index in [0.29, 0.717) is 5.56 Å². The average Bonchev–Trinajstić information content (AvgIpc) is 2.42. The Hall–Kier alpha value is -1.56. The number of nitrogens with zero attached hydrogens (tertiary/aromatic N) is 1. The molecule has 0 aromatic heterocycles. The summed E-state index contributed by atoms with van der Waals surface area (Å²) in [5.41, 5.74) is 1.60. The maximum atomic E-state index is 12.0. The van der Waals surface area contributed by atoms with Gasteiger partial charge in [-0.1, -0.05) is 38.1 Å². The standard InChI is InChI=1S/C14H18F3NO2/c1-3-18(4-2)9-11-5-7-12(8-6-11)10-20-13(19)14(15,16)17/h5-8H,3-4,9-10H2,1-2H3. The smallest absolute Gasteiger partial charge is 0.454 e. The minimum atomic E-state index is -4.94. The number of benzene rings is 1. The van der Waals surface area contributed by atoms with E-state index in [-0.39, 0.29) is 6.61 Å². The molecule has 0 heterocycles. The van der Waals surface area contributed by atoms with Crippen LogP contribution in [0, 0.1) is 0 Å². The summed E-state index contributed by atoms with van der Waals surface area (Å²) in [6.07, 6.45) is -4.94. The monoisotopic (exact) mass is 289 g/mol. The van der Waals surface area contributed by atoms with Crippen molar-refractivity contribution in [1.82, 2.24) is 4.90 Å². The summed E-state index contributed by atoms with van der Waals surface area (Å²) in [6, 6.07) is 7.00. The predicted octanol–water partition coefficient (Wildman–Crippen LogP) is 3.13. The van der Waals surface area contributed by atoms with Gasteiger partial charge in [-0.05, 0) is 24.2 Å². The Labute approximate surface area is 116 Å². The lowest BCUT2D eigenvalue weighted by Gasteiger charge is -2.18. The highest BCUT2D eigenvalue weighted by Crippen LogP contribution is 2.17. The van der Waals surface area contributed by atoms with E-state index in [1.54, 1.807) is 12.1 Å². The van der Waals surface area contributed by atoms with Crippen LogP contribution in [0.1, 0.15) is 25.0 Å². The minimum absolute atomic E-state index is 0.371. The second-order valence-electron chi connectivity index (χ2n) is 4.35. The Morgan fingerprint density at radius 3 is 2.05 bits per heavy atom. The highest BCUT2D eigenvalue weighted by molar-refractivity contribution is 5.75. The Kier molecular flexibility index (Phi) is 6.01. The van der Waals surface area contributed by atoms with Crippen molar-refractivity contribution in [3.05, 3.63) is 35.4 Å². The Bertz CT molecular complexity index is 425. The molecule has 0 spiro atoms. The van der Waals surface area contributed by atoms with Crippen LogP contribution in [0.3, 0.4) is 0 Å². The van der Waals surface area contributed by atoms with Gasteiger partial charge in [0, 0.05) is 6.54 Å². The van der Waals surface area contributed by atoms with Gasteiger partial charge in [-0.3, -0.25) is 4.90 Å². The van der Waals surface area contributed by atoms with Crippen LogP contribution in [-0.4, -0.2) is 30.1 Å². The van der Waals surface area contributed by atoms with Crippen LogP contribution < -0.4 is 0 Å². The van der Waals surface area contributed by atoms with E-state index < -0.39 is 12.1 Å². The lowest BCUT2D eigenvalue weighted by atomic mass is 10.1. The van der Waals surface area contributed by atoms with Gasteiger partial charge >= 0.3 is 12.1 Å². The molecule has 0 saturated carbocycles. The molecule has 1 aromatic carbocycles. The highest BCUT2D eigenvalue weighted by Gasteiger charge is 2.40. The van der Waals surface area contributed by atoms with Crippen molar-refractivity contribution in [3.63, 3.8) is 0 Å². The summed E-state index contributed by atoms with van der Waals surface area (Å²) in [5.74, 6) is -2.16. The minimum Gasteiger partial charge on any atom is -0.454 e. The molecule has 0 fully saturated rings. The Morgan fingerprint density at radius 1 is 1.10 bits per heavy atom. The zero-order valence-corrected chi connectivity index (χ0v) is 11.5. The van der Waals surface area contributed by atoms with Gasteiger partial charge in [-0.2, -0.15) is 13.2 Å². The van der Waals surface area contributed by atoms with E-state index in [1.165, 1.54) is 0 Å². The Balaban J connectivity index is 2.53. The molecular weight excluding hydrogens is 271 g/mol. The van der Waals surface area contributed by atoms with Crippen molar-refractivity contribution in [3.8, 4) is 0 Å². The SMILES string of the molecule is CCN(CC)Cc1ccc(COC(=O)C(F)(F)F)cc1. The molecule has 0 radical (unpaired) electrons. The zero-order valence-electron chi connectivity index (χ0n) is 11.5. The molecule has 0 saturated heterocycles. The number of halogens is 3. The summed E-state index contributed by atoms with van der Waals surface area (Å²) in [7, 11) is 0.